The molecule has 0 unspecified atom stereocenters. The van der Waals surface area contributed by atoms with Crippen LogP contribution in [-0.4, -0.2) is 37.4 Å². The number of nitrogens with zero attached hydrogens (tertiary/aromatic N) is 2. The number of hydrogen-bond donors (Lipinski definition) is 0. The van der Waals surface area contributed by atoms with Gasteiger partial charge in [-0.25, -0.2) is 4.79 Å². The fourth-order valence-electron chi connectivity index (χ4n) is 1.33. The second-order valence-electron chi connectivity index (χ2n) is 3.88. The van der Waals surface area contributed by atoms with Gasteiger partial charge < -0.3 is 9.75 Å². The minimum atomic E-state index is -0.398. The van der Waals surface area contributed by atoms with Gasteiger partial charge in [0.05, 0.1) is 6.61 Å². The minimum Gasteiger partial charge on any atom is -0.461 e. The maximum atomic E-state index is 11.8. The highest BCUT2D eigenvalue weighted by Crippen LogP contribution is 2.07. The number of esters is 1. The van der Waals surface area contributed by atoms with Crippen LogP contribution in [0.3, 0.4) is 0 Å². The Morgan fingerprint density at radius 2 is 1.88 bits per heavy atom. The van der Waals surface area contributed by atoms with Crippen LogP contribution in [0.5, 0.6) is 0 Å². The number of aryl methyl sites for hydroxylation is 1. The number of hydrogen-bond acceptors (Lipinski definition) is 4. The largest absolute Gasteiger partial charge is 0.461 e. The van der Waals surface area contributed by atoms with Gasteiger partial charge >= 0.3 is 5.97 Å². The summed E-state index contributed by atoms with van der Waals surface area (Å²) in [5, 5.41) is 5.76. The second kappa shape index (κ2) is 6.03. The second-order valence-corrected chi connectivity index (χ2v) is 3.88. The van der Waals surface area contributed by atoms with Crippen molar-refractivity contribution in [2.24, 2.45) is 5.10 Å². The van der Waals surface area contributed by atoms with E-state index in [1.807, 2.05) is 31.2 Å². The molecule has 92 valence electrons. The third-order valence-corrected chi connectivity index (χ3v) is 2.09. The van der Waals surface area contributed by atoms with Crippen molar-refractivity contribution in [1.29, 1.82) is 0 Å². The van der Waals surface area contributed by atoms with Crippen molar-refractivity contribution in [3.8, 4) is 0 Å². The van der Waals surface area contributed by atoms with Crippen LogP contribution in [0.2, 0.25) is 0 Å². The number of hydrazone groups is 1. The molecule has 0 radical (unpaired) electrons. The van der Waals surface area contributed by atoms with E-state index in [2.05, 4.69) is 5.10 Å². The van der Waals surface area contributed by atoms with Gasteiger partial charge in [-0.1, -0.05) is 29.8 Å². The summed E-state index contributed by atoms with van der Waals surface area (Å²) in [6.45, 7) is 4.12. The van der Waals surface area contributed by atoms with Crippen molar-refractivity contribution in [3.63, 3.8) is 0 Å². The molecule has 0 aliphatic rings. The van der Waals surface area contributed by atoms with Gasteiger partial charge in [0.15, 0.2) is 5.71 Å². The first-order valence-electron chi connectivity index (χ1n) is 5.54. The van der Waals surface area contributed by atoms with Gasteiger partial charge in [0.1, 0.15) is 0 Å². The standard InChI is InChI=1S/C13H18N2O2/c1-5-17-13(16)12(14-15(3)4)11-8-6-10(2)7-9-11/h6-9H,5H2,1-4H3. The maximum absolute atomic E-state index is 11.8. The number of rotatable bonds is 4. The molecule has 0 aromatic heterocycles. The first-order valence-corrected chi connectivity index (χ1v) is 5.54. The fraction of sp³-hybridized carbons (Fsp3) is 0.385. The van der Waals surface area contributed by atoms with Gasteiger partial charge in [0.2, 0.25) is 0 Å². The number of benzene rings is 1. The van der Waals surface area contributed by atoms with Crippen molar-refractivity contribution in [2.75, 3.05) is 20.7 Å². The van der Waals surface area contributed by atoms with Crippen LogP contribution >= 0.6 is 0 Å². The first-order chi connectivity index (χ1) is 8.04. The summed E-state index contributed by atoms with van der Waals surface area (Å²) in [5.41, 5.74) is 2.24. The van der Waals surface area contributed by atoms with E-state index >= 15 is 0 Å². The molecule has 4 heteroatoms. The van der Waals surface area contributed by atoms with Crippen LogP contribution < -0.4 is 0 Å². The van der Waals surface area contributed by atoms with Gasteiger partial charge in [-0.3, -0.25) is 0 Å². The van der Waals surface area contributed by atoms with Gasteiger partial charge in [-0.15, -0.1) is 0 Å². The lowest BCUT2D eigenvalue weighted by Gasteiger charge is -2.10. The van der Waals surface area contributed by atoms with Crippen molar-refractivity contribution < 1.29 is 9.53 Å². The van der Waals surface area contributed by atoms with Crippen LogP contribution in [-0.2, 0) is 9.53 Å². The van der Waals surface area contributed by atoms with Crippen molar-refractivity contribution in [3.05, 3.63) is 35.4 Å². The predicted molar refractivity (Wildman–Crippen MR) is 68.0 cm³/mol. The zero-order valence-electron chi connectivity index (χ0n) is 10.7. The van der Waals surface area contributed by atoms with E-state index in [0.717, 1.165) is 11.1 Å². The number of carbonyl (C=O) groups is 1. The summed E-state index contributed by atoms with van der Waals surface area (Å²) < 4.78 is 4.99. The Bertz CT molecular complexity index is 408. The molecule has 0 aliphatic heterocycles. The highest BCUT2D eigenvalue weighted by atomic mass is 16.5. The predicted octanol–water partition coefficient (Wildman–Crippen LogP) is 1.82. The molecule has 17 heavy (non-hydrogen) atoms. The topological polar surface area (TPSA) is 41.9 Å². The summed E-state index contributed by atoms with van der Waals surface area (Å²) in [6.07, 6.45) is 0. The van der Waals surface area contributed by atoms with E-state index in [1.54, 1.807) is 26.0 Å². The van der Waals surface area contributed by atoms with Gasteiger partial charge in [0.25, 0.3) is 0 Å². The van der Waals surface area contributed by atoms with Gasteiger partial charge in [0, 0.05) is 19.7 Å². The van der Waals surface area contributed by atoms with Crippen molar-refractivity contribution in [2.45, 2.75) is 13.8 Å². The summed E-state index contributed by atoms with van der Waals surface area (Å²) >= 11 is 0. The molecule has 0 atom stereocenters. The third kappa shape index (κ3) is 3.90. The molecule has 0 aliphatic carbocycles. The van der Waals surface area contributed by atoms with E-state index in [-0.39, 0.29) is 0 Å². The SMILES string of the molecule is CCOC(=O)C(=NN(C)C)c1ccc(C)cc1. The van der Waals surface area contributed by atoms with Gasteiger partial charge in [-0.2, -0.15) is 5.10 Å². The third-order valence-electron chi connectivity index (χ3n) is 2.09. The lowest BCUT2D eigenvalue weighted by Crippen LogP contribution is -2.22. The van der Waals surface area contributed by atoms with Gasteiger partial charge in [-0.05, 0) is 13.8 Å². The Morgan fingerprint density at radius 3 is 2.35 bits per heavy atom. The Hall–Kier alpha value is -1.84. The normalized spacial score (nSPS) is 11.2. The number of ether oxygens (including phenoxy) is 1. The molecule has 1 aromatic carbocycles. The quantitative estimate of drug-likeness (QED) is 0.453. The minimum absolute atomic E-state index is 0.330. The fourth-order valence-corrected chi connectivity index (χ4v) is 1.33. The monoisotopic (exact) mass is 234 g/mol. The van der Waals surface area contributed by atoms with Crippen LogP contribution in [0.1, 0.15) is 18.1 Å². The molecule has 4 nitrogen and oxygen atoms in total. The van der Waals surface area contributed by atoms with Crippen LogP contribution in [0, 0.1) is 6.92 Å². The average Bonchev–Trinajstić information content (AvgIpc) is 2.27. The van der Waals surface area contributed by atoms with Crippen molar-refractivity contribution >= 4 is 11.7 Å². The lowest BCUT2D eigenvalue weighted by atomic mass is 10.1. The Labute approximate surface area is 102 Å². The summed E-state index contributed by atoms with van der Waals surface area (Å²) in [4.78, 5) is 11.8. The Kier molecular flexibility index (Phi) is 4.69. The molecule has 1 aromatic rings. The lowest BCUT2D eigenvalue weighted by molar-refractivity contribution is -0.135. The van der Waals surface area contributed by atoms with E-state index in [4.69, 9.17) is 4.74 Å². The molecular formula is C13H18N2O2. The number of carbonyl (C=O) groups excluding carboxylic acids is 1. The average molecular weight is 234 g/mol. The zero-order chi connectivity index (χ0) is 12.8. The molecule has 0 bridgehead atoms. The zero-order valence-corrected chi connectivity index (χ0v) is 10.7. The van der Waals surface area contributed by atoms with Crippen molar-refractivity contribution in [1.82, 2.24) is 5.01 Å². The van der Waals surface area contributed by atoms with E-state index in [1.165, 1.54) is 0 Å². The Morgan fingerprint density at radius 1 is 1.29 bits per heavy atom. The molecule has 0 saturated carbocycles. The molecule has 0 heterocycles. The van der Waals surface area contributed by atoms with E-state index in [9.17, 15) is 4.79 Å². The van der Waals surface area contributed by atoms with E-state index in [0.29, 0.717) is 12.3 Å². The van der Waals surface area contributed by atoms with Crippen LogP contribution in [0.4, 0.5) is 0 Å². The summed E-state index contributed by atoms with van der Waals surface area (Å²) in [7, 11) is 3.54. The van der Waals surface area contributed by atoms with Crippen LogP contribution in [0.15, 0.2) is 29.4 Å². The molecule has 0 spiro atoms. The molecule has 0 amide bonds. The van der Waals surface area contributed by atoms with E-state index < -0.39 is 5.97 Å². The highest BCUT2D eigenvalue weighted by molar-refractivity contribution is 6.43. The van der Waals surface area contributed by atoms with Crippen LogP contribution in [0.25, 0.3) is 0 Å². The smallest absolute Gasteiger partial charge is 0.359 e. The summed E-state index contributed by atoms with van der Waals surface area (Å²) in [6, 6.07) is 7.63. The molecule has 1 rings (SSSR count). The Balaban J connectivity index is 3.06. The highest BCUT2D eigenvalue weighted by Gasteiger charge is 2.15. The molecular weight excluding hydrogens is 216 g/mol. The molecule has 0 saturated heterocycles. The first kappa shape index (κ1) is 13.2. The molecule has 0 fully saturated rings. The maximum Gasteiger partial charge on any atom is 0.359 e. The molecule has 0 N–H and O–H groups in total. The summed E-state index contributed by atoms with van der Waals surface area (Å²) in [5.74, 6) is -0.398.